The number of carbonyl (C=O) groups excluding carboxylic acids is 3. The lowest BCUT2D eigenvalue weighted by atomic mass is 10.0. The number of para-hydroxylation sites is 1. The molecule has 0 bridgehead atoms. The SMILES string of the molecule is O=C(/C=C/c1cccc(/C=C/C(=O)N2CCCc3ccccc32)n1)N(O)OC(=O)C(F)(F)F. The van der Waals surface area contributed by atoms with Gasteiger partial charge in [0.05, 0.1) is 11.4 Å². The van der Waals surface area contributed by atoms with E-state index >= 15 is 0 Å². The summed E-state index contributed by atoms with van der Waals surface area (Å²) in [5.41, 5.74) is 2.55. The Morgan fingerprint density at radius 1 is 1.03 bits per heavy atom. The van der Waals surface area contributed by atoms with Gasteiger partial charge in [-0.15, -0.1) is 0 Å². The van der Waals surface area contributed by atoms with Crippen molar-refractivity contribution < 1.29 is 37.6 Å². The predicted molar refractivity (Wildman–Crippen MR) is 110 cm³/mol. The number of halogens is 3. The first-order chi connectivity index (χ1) is 15.6. The summed E-state index contributed by atoms with van der Waals surface area (Å²) in [6.07, 6.45) is 0.989. The van der Waals surface area contributed by atoms with Crippen LogP contribution < -0.4 is 4.90 Å². The molecular weight excluding hydrogens is 443 g/mol. The summed E-state index contributed by atoms with van der Waals surface area (Å²) in [5, 5.41) is 8.31. The van der Waals surface area contributed by atoms with Crippen LogP contribution >= 0.6 is 0 Å². The van der Waals surface area contributed by atoms with Gasteiger partial charge in [-0.2, -0.15) is 13.2 Å². The van der Waals surface area contributed by atoms with Crippen LogP contribution in [0.5, 0.6) is 0 Å². The molecule has 0 saturated carbocycles. The smallest absolute Gasteiger partial charge is 0.309 e. The van der Waals surface area contributed by atoms with Crippen LogP contribution in [0.1, 0.15) is 23.4 Å². The number of carbonyl (C=O) groups is 3. The van der Waals surface area contributed by atoms with Gasteiger partial charge >= 0.3 is 18.1 Å². The number of fused-ring (bicyclic) bond motifs is 1. The molecule has 1 aliphatic rings. The summed E-state index contributed by atoms with van der Waals surface area (Å²) < 4.78 is 36.3. The average Bonchev–Trinajstić information content (AvgIpc) is 2.80. The molecule has 172 valence electrons. The van der Waals surface area contributed by atoms with E-state index in [0.717, 1.165) is 30.2 Å². The average molecular weight is 461 g/mol. The van der Waals surface area contributed by atoms with Gasteiger partial charge in [-0.3, -0.25) is 14.8 Å². The Morgan fingerprint density at radius 3 is 2.39 bits per heavy atom. The molecule has 33 heavy (non-hydrogen) atoms. The lowest BCUT2D eigenvalue weighted by molar-refractivity contribution is -0.312. The topological polar surface area (TPSA) is 100 Å². The fourth-order valence-electron chi connectivity index (χ4n) is 3.06. The number of hydrogen-bond donors (Lipinski definition) is 1. The summed E-state index contributed by atoms with van der Waals surface area (Å²) in [6, 6.07) is 12.3. The van der Waals surface area contributed by atoms with E-state index in [0.29, 0.717) is 18.3 Å². The molecule has 2 aromatic rings. The van der Waals surface area contributed by atoms with Gasteiger partial charge in [-0.1, -0.05) is 24.3 Å². The second-order valence-corrected chi connectivity index (χ2v) is 6.86. The van der Waals surface area contributed by atoms with Gasteiger partial charge in [0.25, 0.3) is 5.91 Å². The van der Waals surface area contributed by atoms with Crippen molar-refractivity contribution in [3.8, 4) is 0 Å². The molecule has 2 amide bonds. The van der Waals surface area contributed by atoms with Crippen molar-refractivity contribution in [3.05, 3.63) is 71.6 Å². The second kappa shape index (κ2) is 10.1. The molecular formula is C22H18F3N3O5. The van der Waals surface area contributed by atoms with E-state index in [-0.39, 0.29) is 11.6 Å². The van der Waals surface area contributed by atoms with E-state index in [1.165, 1.54) is 18.2 Å². The fourth-order valence-corrected chi connectivity index (χ4v) is 3.06. The Kier molecular flexibility index (Phi) is 7.23. The Hall–Kier alpha value is -3.99. The van der Waals surface area contributed by atoms with Crippen molar-refractivity contribution >= 4 is 35.6 Å². The molecule has 1 N–H and O–H groups in total. The first-order valence-corrected chi connectivity index (χ1v) is 9.70. The van der Waals surface area contributed by atoms with Crippen LogP contribution in [0.4, 0.5) is 18.9 Å². The number of benzene rings is 1. The Balaban J connectivity index is 1.64. The Morgan fingerprint density at radius 2 is 1.70 bits per heavy atom. The third-order valence-corrected chi connectivity index (χ3v) is 4.55. The van der Waals surface area contributed by atoms with Gasteiger partial charge in [-0.05, 0) is 54.0 Å². The fraction of sp³-hybridized carbons (Fsp3) is 0.182. The molecule has 0 saturated heterocycles. The Bertz CT molecular complexity index is 1110. The number of nitrogens with zero attached hydrogens (tertiary/aromatic N) is 3. The van der Waals surface area contributed by atoms with Gasteiger partial charge in [0.1, 0.15) is 0 Å². The maximum absolute atomic E-state index is 12.7. The summed E-state index contributed by atoms with van der Waals surface area (Å²) in [7, 11) is 0. The summed E-state index contributed by atoms with van der Waals surface area (Å²) in [6.45, 7) is 0.592. The van der Waals surface area contributed by atoms with Crippen molar-refractivity contribution in [2.45, 2.75) is 19.0 Å². The normalized spacial score (nSPS) is 13.8. The number of rotatable bonds is 4. The zero-order valence-corrected chi connectivity index (χ0v) is 17.0. The lowest BCUT2D eigenvalue weighted by Crippen LogP contribution is -2.35. The number of amides is 2. The molecule has 1 aromatic heterocycles. The largest absolute Gasteiger partial charge is 0.493 e. The minimum absolute atomic E-state index is 0.205. The van der Waals surface area contributed by atoms with Crippen LogP contribution in [0.25, 0.3) is 12.2 Å². The van der Waals surface area contributed by atoms with Gasteiger partial charge in [0, 0.05) is 24.4 Å². The van der Waals surface area contributed by atoms with Crippen LogP contribution in [-0.4, -0.2) is 45.9 Å². The van der Waals surface area contributed by atoms with Crippen molar-refractivity contribution in [3.63, 3.8) is 0 Å². The molecule has 0 radical (unpaired) electrons. The molecule has 0 aliphatic carbocycles. The molecule has 8 nitrogen and oxygen atoms in total. The molecule has 1 aliphatic heterocycles. The minimum atomic E-state index is -5.37. The van der Waals surface area contributed by atoms with Crippen LogP contribution in [0, 0.1) is 0 Å². The standard InChI is InChI=1S/C22H18F3N3O5/c23-22(24,25)21(31)33-28(32)20(30)13-11-17-8-3-7-16(26-17)10-12-19(29)27-14-4-6-15-5-1-2-9-18(15)27/h1-3,5,7-13,32H,4,6,14H2/b12-10+,13-11+. The highest BCUT2D eigenvalue weighted by atomic mass is 19.4. The lowest BCUT2D eigenvalue weighted by Gasteiger charge is -2.28. The molecule has 0 unspecified atom stereocenters. The molecule has 0 atom stereocenters. The van der Waals surface area contributed by atoms with E-state index in [2.05, 4.69) is 9.82 Å². The van der Waals surface area contributed by atoms with Crippen molar-refractivity contribution in [1.82, 2.24) is 10.2 Å². The number of hydrogen-bond acceptors (Lipinski definition) is 6. The molecule has 11 heteroatoms. The zero-order valence-electron chi connectivity index (χ0n) is 17.0. The predicted octanol–water partition coefficient (Wildman–Crippen LogP) is 3.33. The highest BCUT2D eigenvalue weighted by Crippen LogP contribution is 2.27. The monoisotopic (exact) mass is 461 g/mol. The number of pyridine rings is 1. The summed E-state index contributed by atoms with van der Waals surface area (Å²) >= 11 is 0. The molecule has 0 spiro atoms. The van der Waals surface area contributed by atoms with Crippen molar-refractivity contribution in [2.24, 2.45) is 0 Å². The van der Waals surface area contributed by atoms with Gasteiger partial charge < -0.3 is 9.74 Å². The molecule has 0 fully saturated rings. The van der Waals surface area contributed by atoms with Gasteiger partial charge in [-0.25, -0.2) is 9.78 Å². The first kappa shape index (κ1) is 23.7. The third kappa shape index (κ3) is 6.26. The number of hydroxylamine groups is 2. The highest BCUT2D eigenvalue weighted by molar-refractivity contribution is 6.04. The van der Waals surface area contributed by atoms with Gasteiger partial charge in [0.15, 0.2) is 0 Å². The maximum Gasteiger partial charge on any atom is 0.493 e. The van der Waals surface area contributed by atoms with E-state index < -0.39 is 23.3 Å². The quantitative estimate of drug-likeness (QED) is 0.426. The maximum atomic E-state index is 12.7. The number of aryl methyl sites for hydroxylation is 1. The zero-order chi connectivity index (χ0) is 24.0. The van der Waals surface area contributed by atoms with Crippen molar-refractivity contribution in [2.75, 3.05) is 11.4 Å². The van der Waals surface area contributed by atoms with E-state index in [1.807, 2.05) is 24.3 Å². The number of anilines is 1. The van der Waals surface area contributed by atoms with E-state index in [4.69, 9.17) is 5.21 Å². The third-order valence-electron chi connectivity index (χ3n) is 4.55. The second-order valence-electron chi connectivity index (χ2n) is 6.86. The van der Waals surface area contributed by atoms with E-state index in [1.54, 1.807) is 17.0 Å². The summed E-state index contributed by atoms with van der Waals surface area (Å²) in [4.78, 5) is 44.2. The van der Waals surface area contributed by atoms with Gasteiger partial charge in [0.2, 0.25) is 0 Å². The molecule has 1 aromatic carbocycles. The van der Waals surface area contributed by atoms with Crippen LogP contribution in [0.15, 0.2) is 54.6 Å². The van der Waals surface area contributed by atoms with Crippen LogP contribution in [0.2, 0.25) is 0 Å². The highest BCUT2D eigenvalue weighted by Gasteiger charge is 2.43. The van der Waals surface area contributed by atoms with Crippen LogP contribution in [0.3, 0.4) is 0 Å². The number of aromatic nitrogens is 1. The van der Waals surface area contributed by atoms with Crippen LogP contribution in [-0.2, 0) is 25.6 Å². The first-order valence-electron chi connectivity index (χ1n) is 9.70. The minimum Gasteiger partial charge on any atom is -0.309 e. The molecule has 2 heterocycles. The summed E-state index contributed by atoms with van der Waals surface area (Å²) in [5.74, 6) is -4.41. The molecule has 3 rings (SSSR count). The van der Waals surface area contributed by atoms with E-state index in [9.17, 15) is 27.6 Å². The Labute approximate surface area is 186 Å². The number of alkyl halides is 3. The van der Waals surface area contributed by atoms with Crippen molar-refractivity contribution in [1.29, 1.82) is 0 Å².